The van der Waals surface area contributed by atoms with E-state index in [1.165, 1.54) is 4.90 Å². The molecular formula is C31H39N3O4S. The van der Waals surface area contributed by atoms with E-state index in [4.69, 9.17) is 0 Å². The zero-order valence-electron chi connectivity index (χ0n) is 23.6. The number of amides is 2. The molecule has 0 aromatic heterocycles. The van der Waals surface area contributed by atoms with Crippen LogP contribution in [-0.2, 0) is 32.6 Å². The van der Waals surface area contributed by atoms with Gasteiger partial charge < -0.3 is 10.2 Å². The Kier molecular flexibility index (Phi) is 9.92. The van der Waals surface area contributed by atoms with Gasteiger partial charge >= 0.3 is 0 Å². The summed E-state index contributed by atoms with van der Waals surface area (Å²) in [5, 5.41) is 2.96. The van der Waals surface area contributed by atoms with E-state index < -0.39 is 28.5 Å². The summed E-state index contributed by atoms with van der Waals surface area (Å²) in [6.45, 7) is 9.30. The van der Waals surface area contributed by atoms with Gasteiger partial charge in [-0.1, -0.05) is 66.2 Å². The molecule has 1 N–H and O–H groups in total. The molecule has 0 fully saturated rings. The maximum Gasteiger partial charge on any atom is 0.244 e. The largest absolute Gasteiger partial charge is 0.352 e. The molecule has 0 aliphatic heterocycles. The van der Waals surface area contributed by atoms with Crippen molar-refractivity contribution in [2.24, 2.45) is 0 Å². The van der Waals surface area contributed by atoms with Crippen LogP contribution in [0.4, 0.5) is 5.69 Å². The van der Waals surface area contributed by atoms with Gasteiger partial charge in [0.1, 0.15) is 12.6 Å². The molecular weight excluding hydrogens is 510 g/mol. The lowest BCUT2D eigenvalue weighted by molar-refractivity contribution is -0.140. The van der Waals surface area contributed by atoms with E-state index in [1.807, 2.05) is 95.3 Å². The summed E-state index contributed by atoms with van der Waals surface area (Å²) in [5.74, 6) is -0.745. The van der Waals surface area contributed by atoms with E-state index in [9.17, 15) is 18.0 Å². The van der Waals surface area contributed by atoms with Crippen molar-refractivity contribution < 1.29 is 18.0 Å². The van der Waals surface area contributed by atoms with Crippen LogP contribution in [0.2, 0.25) is 0 Å². The molecule has 0 aliphatic carbocycles. The van der Waals surface area contributed by atoms with Gasteiger partial charge in [-0.25, -0.2) is 8.42 Å². The molecule has 0 heterocycles. The zero-order valence-corrected chi connectivity index (χ0v) is 24.5. The third kappa shape index (κ3) is 8.42. The molecule has 2 amide bonds. The predicted molar refractivity (Wildman–Crippen MR) is 157 cm³/mol. The van der Waals surface area contributed by atoms with E-state index in [1.54, 1.807) is 12.1 Å². The van der Waals surface area contributed by atoms with Crippen molar-refractivity contribution in [3.63, 3.8) is 0 Å². The second-order valence-corrected chi connectivity index (χ2v) is 12.3. The molecule has 0 radical (unpaired) electrons. The first-order valence-corrected chi connectivity index (χ1v) is 14.9. The molecule has 3 aromatic carbocycles. The average Bonchev–Trinajstić information content (AvgIpc) is 2.87. The van der Waals surface area contributed by atoms with Gasteiger partial charge in [-0.05, 0) is 69.0 Å². The molecule has 7 nitrogen and oxygen atoms in total. The van der Waals surface area contributed by atoms with Crippen LogP contribution in [0.25, 0.3) is 0 Å². The molecule has 1 atom stereocenters. The van der Waals surface area contributed by atoms with Crippen molar-refractivity contribution in [2.75, 3.05) is 17.1 Å². The number of rotatable bonds is 11. The molecule has 39 heavy (non-hydrogen) atoms. The van der Waals surface area contributed by atoms with E-state index in [-0.39, 0.29) is 18.5 Å². The Labute approximate surface area is 232 Å². The monoisotopic (exact) mass is 549 g/mol. The van der Waals surface area contributed by atoms with Crippen molar-refractivity contribution in [2.45, 2.75) is 59.7 Å². The summed E-state index contributed by atoms with van der Waals surface area (Å²) in [6, 6.07) is 21.6. The van der Waals surface area contributed by atoms with E-state index in [0.717, 1.165) is 38.4 Å². The number of carbonyl (C=O) groups excluding carboxylic acids is 2. The first kappa shape index (κ1) is 29.9. The molecule has 8 heteroatoms. The van der Waals surface area contributed by atoms with Gasteiger partial charge in [0.25, 0.3) is 0 Å². The van der Waals surface area contributed by atoms with Crippen LogP contribution in [0.3, 0.4) is 0 Å². The highest BCUT2D eigenvalue weighted by molar-refractivity contribution is 7.92. The Balaban J connectivity index is 2.06. The first-order chi connectivity index (χ1) is 18.3. The third-order valence-corrected chi connectivity index (χ3v) is 7.77. The standard InChI is InChI=1S/C31H39N3O4S/c1-22(2)32-31(36)29(19-26-10-8-7-9-11-26)33(20-27-15-12-23(3)13-16-27)30(35)21-34(39(6,37)38)28-17-14-24(4)25(5)18-28/h7-18,22,29H,19-21H2,1-6H3,(H,32,36)/t29-/m1/s1. The van der Waals surface area contributed by atoms with Crippen LogP contribution in [0.15, 0.2) is 72.8 Å². The van der Waals surface area contributed by atoms with Gasteiger partial charge in [0.2, 0.25) is 21.8 Å². The van der Waals surface area contributed by atoms with E-state index >= 15 is 0 Å². The first-order valence-electron chi connectivity index (χ1n) is 13.1. The molecule has 0 aliphatic rings. The van der Waals surface area contributed by atoms with Crippen molar-refractivity contribution >= 4 is 27.5 Å². The van der Waals surface area contributed by atoms with Crippen molar-refractivity contribution in [3.05, 3.63) is 101 Å². The Hall–Kier alpha value is -3.65. The van der Waals surface area contributed by atoms with Crippen molar-refractivity contribution in [3.8, 4) is 0 Å². The summed E-state index contributed by atoms with van der Waals surface area (Å²) in [5.41, 5.74) is 5.18. The number of sulfonamides is 1. The lowest BCUT2D eigenvalue weighted by Gasteiger charge is -2.34. The van der Waals surface area contributed by atoms with Crippen molar-refractivity contribution in [1.82, 2.24) is 10.2 Å². The lowest BCUT2D eigenvalue weighted by atomic mass is 10.0. The number of hydrogen-bond acceptors (Lipinski definition) is 4. The van der Waals surface area contributed by atoms with Gasteiger partial charge in [-0.15, -0.1) is 0 Å². The Morgan fingerprint density at radius 3 is 2.05 bits per heavy atom. The summed E-state index contributed by atoms with van der Waals surface area (Å²) in [7, 11) is -3.79. The van der Waals surface area contributed by atoms with Crippen LogP contribution >= 0.6 is 0 Å². The smallest absolute Gasteiger partial charge is 0.244 e. The van der Waals surface area contributed by atoms with Gasteiger partial charge in [0, 0.05) is 19.0 Å². The number of aryl methyl sites for hydroxylation is 3. The summed E-state index contributed by atoms with van der Waals surface area (Å²) < 4.78 is 26.9. The summed E-state index contributed by atoms with van der Waals surface area (Å²) in [4.78, 5) is 29.1. The van der Waals surface area contributed by atoms with Gasteiger partial charge in [-0.3, -0.25) is 13.9 Å². The molecule has 0 saturated carbocycles. The van der Waals surface area contributed by atoms with Crippen LogP contribution in [0, 0.1) is 20.8 Å². The highest BCUT2D eigenvalue weighted by Crippen LogP contribution is 2.23. The summed E-state index contributed by atoms with van der Waals surface area (Å²) >= 11 is 0. The molecule has 3 aromatic rings. The molecule has 3 rings (SSSR count). The number of nitrogens with zero attached hydrogens (tertiary/aromatic N) is 2. The van der Waals surface area contributed by atoms with Gasteiger partial charge in [0.15, 0.2) is 0 Å². The average molecular weight is 550 g/mol. The Morgan fingerprint density at radius 1 is 0.846 bits per heavy atom. The molecule has 208 valence electrons. The minimum absolute atomic E-state index is 0.129. The number of carbonyl (C=O) groups is 2. The minimum Gasteiger partial charge on any atom is -0.352 e. The maximum atomic E-state index is 14.1. The highest BCUT2D eigenvalue weighted by Gasteiger charge is 2.33. The maximum absolute atomic E-state index is 14.1. The van der Waals surface area contributed by atoms with Crippen molar-refractivity contribution in [1.29, 1.82) is 0 Å². The fourth-order valence-corrected chi connectivity index (χ4v) is 5.16. The van der Waals surface area contributed by atoms with E-state index in [0.29, 0.717) is 12.1 Å². The second-order valence-electron chi connectivity index (χ2n) is 10.4. The topological polar surface area (TPSA) is 86.8 Å². The minimum atomic E-state index is -3.79. The van der Waals surface area contributed by atoms with Gasteiger partial charge in [0.05, 0.1) is 11.9 Å². The number of hydrogen-bond donors (Lipinski definition) is 1. The van der Waals surface area contributed by atoms with Crippen LogP contribution in [-0.4, -0.2) is 50.0 Å². The van der Waals surface area contributed by atoms with Crippen LogP contribution < -0.4 is 9.62 Å². The SMILES string of the molecule is Cc1ccc(CN(C(=O)CN(c2ccc(C)c(C)c2)S(C)(=O)=O)[C@H](Cc2ccccc2)C(=O)NC(C)C)cc1. The van der Waals surface area contributed by atoms with Crippen LogP contribution in [0.1, 0.15) is 41.7 Å². The molecule has 0 bridgehead atoms. The quantitative estimate of drug-likeness (QED) is 0.380. The molecule has 0 saturated heterocycles. The van der Waals surface area contributed by atoms with Gasteiger partial charge in [-0.2, -0.15) is 0 Å². The fourth-order valence-electron chi connectivity index (χ4n) is 4.32. The predicted octanol–water partition coefficient (Wildman–Crippen LogP) is 4.54. The number of nitrogens with one attached hydrogen (secondary N) is 1. The fraction of sp³-hybridized carbons (Fsp3) is 0.355. The molecule has 0 unspecified atom stereocenters. The number of benzene rings is 3. The highest BCUT2D eigenvalue weighted by atomic mass is 32.2. The Morgan fingerprint density at radius 2 is 1.49 bits per heavy atom. The van der Waals surface area contributed by atoms with E-state index in [2.05, 4.69) is 5.32 Å². The van der Waals surface area contributed by atoms with Crippen LogP contribution in [0.5, 0.6) is 0 Å². The lowest BCUT2D eigenvalue weighted by Crippen LogP contribution is -2.54. The second kappa shape index (κ2) is 12.9. The normalized spacial score (nSPS) is 12.2. The third-order valence-electron chi connectivity index (χ3n) is 6.63. The Bertz CT molecular complexity index is 1390. The zero-order chi connectivity index (χ0) is 28.7. The summed E-state index contributed by atoms with van der Waals surface area (Å²) in [6.07, 6.45) is 1.38. The number of anilines is 1. The molecule has 0 spiro atoms.